The Labute approximate surface area is 220 Å². The van der Waals surface area contributed by atoms with Crippen molar-refractivity contribution in [2.45, 2.75) is 44.6 Å². The molecule has 1 aromatic carbocycles. The molecule has 0 spiro atoms. The maximum Gasteiger partial charge on any atom is 0.229 e. The van der Waals surface area contributed by atoms with Gasteiger partial charge in [0.15, 0.2) is 0 Å². The molecule has 1 saturated heterocycles. The van der Waals surface area contributed by atoms with Crippen LogP contribution in [0.2, 0.25) is 0 Å². The Balaban J connectivity index is 1.42. The number of hydrogen-bond acceptors (Lipinski definition) is 8. The summed E-state index contributed by atoms with van der Waals surface area (Å²) in [6.07, 6.45) is 4.39. The van der Waals surface area contributed by atoms with Gasteiger partial charge in [-0.2, -0.15) is 4.98 Å². The highest BCUT2D eigenvalue weighted by Crippen LogP contribution is 2.43. The van der Waals surface area contributed by atoms with Gasteiger partial charge in [0.25, 0.3) is 0 Å². The molecule has 8 nitrogen and oxygen atoms in total. The summed E-state index contributed by atoms with van der Waals surface area (Å²) in [6, 6.07) is 12.8. The van der Waals surface area contributed by atoms with Gasteiger partial charge in [0.05, 0.1) is 12.3 Å². The van der Waals surface area contributed by atoms with Crippen LogP contribution < -0.4 is 15.5 Å². The van der Waals surface area contributed by atoms with Gasteiger partial charge in [0.1, 0.15) is 11.6 Å². The van der Waals surface area contributed by atoms with Crippen molar-refractivity contribution in [3.63, 3.8) is 0 Å². The van der Waals surface area contributed by atoms with Crippen LogP contribution >= 0.6 is 0 Å². The maximum absolute atomic E-state index is 5.61. The molecule has 0 bridgehead atoms. The van der Waals surface area contributed by atoms with Gasteiger partial charge < -0.3 is 25.2 Å². The lowest BCUT2D eigenvalue weighted by Gasteiger charge is -2.30. The van der Waals surface area contributed by atoms with Gasteiger partial charge in [0, 0.05) is 43.1 Å². The molecule has 4 heterocycles. The van der Waals surface area contributed by atoms with E-state index >= 15 is 0 Å². The van der Waals surface area contributed by atoms with Crippen LogP contribution in [-0.2, 0) is 16.7 Å². The monoisotopic (exact) mass is 501 g/mol. The van der Waals surface area contributed by atoms with Crippen LogP contribution in [0, 0.1) is 6.92 Å². The average Bonchev–Trinajstić information content (AvgIpc) is 3.17. The second kappa shape index (κ2) is 10.7. The fraction of sp³-hybridized carbons (Fsp3) is 0.483. The van der Waals surface area contributed by atoms with E-state index in [0.29, 0.717) is 25.0 Å². The van der Waals surface area contributed by atoms with E-state index < -0.39 is 0 Å². The van der Waals surface area contributed by atoms with E-state index in [9.17, 15) is 0 Å². The highest BCUT2D eigenvalue weighted by Gasteiger charge is 2.42. The fourth-order valence-corrected chi connectivity index (χ4v) is 5.76. The van der Waals surface area contributed by atoms with Crippen LogP contribution in [0.25, 0.3) is 0 Å². The zero-order chi connectivity index (χ0) is 26.0. The third-order valence-electron chi connectivity index (χ3n) is 7.76. The van der Waals surface area contributed by atoms with Crippen molar-refractivity contribution < 1.29 is 4.74 Å². The molecule has 0 amide bonds. The molecule has 3 aromatic rings. The summed E-state index contributed by atoms with van der Waals surface area (Å²) in [6.45, 7) is 8.78. The number of hydrogen-bond donors (Lipinski definition) is 2. The Morgan fingerprint density at radius 3 is 2.68 bits per heavy atom. The van der Waals surface area contributed by atoms with Crippen LogP contribution in [0.15, 0.2) is 42.6 Å². The molecule has 0 saturated carbocycles. The van der Waals surface area contributed by atoms with Crippen molar-refractivity contribution in [2.75, 3.05) is 57.7 Å². The first kappa shape index (κ1) is 25.6. The largest absolute Gasteiger partial charge is 0.384 e. The molecule has 0 aliphatic carbocycles. The van der Waals surface area contributed by atoms with E-state index in [0.717, 1.165) is 48.2 Å². The second-order valence-corrected chi connectivity index (χ2v) is 10.8. The van der Waals surface area contributed by atoms with Crippen LogP contribution in [0.1, 0.15) is 48.1 Å². The van der Waals surface area contributed by atoms with Crippen molar-refractivity contribution in [1.82, 2.24) is 25.2 Å². The van der Waals surface area contributed by atoms with Gasteiger partial charge in [-0.1, -0.05) is 19.1 Å². The van der Waals surface area contributed by atoms with Gasteiger partial charge in [0.2, 0.25) is 5.95 Å². The highest BCUT2D eigenvalue weighted by atomic mass is 16.5. The maximum atomic E-state index is 5.61. The van der Waals surface area contributed by atoms with Gasteiger partial charge >= 0.3 is 0 Å². The van der Waals surface area contributed by atoms with E-state index in [1.54, 1.807) is 7.11 Å². The molecule has 2 aliphatic heterocycles. The molecule has 2 aliphatic rings. The summed E-state index contributed by atoms with van der Waals surface area (Å²) in [4.78, 5) is 19.2. The number of nitrogens with zero attached hydrogens (tertiary/aromatic N) is 5. The summed E-state index contributed by atoms with van der Waals surface area (Å²) >= 11 is 0. The molecule has 8 heteroatoms. The number of pyridine rings is 1. The molecule has 196 valence electrons. The molecule has 5 rings (SSSR count). The number of fused-ring (bicyclic) bond motifs is 1. The SMILES string of the molecule is CNCc1cccc(N2CC(C)(COC)c3cnc(Nc4ccc(C5CCN(C)CC5)c(C)c4)nc32)n1. The quantitative estimate of drug-likeness (QED) is 0.467. The molecule has 0 radical (unpaired) electrons. The zero-order valence-electron chi connectivity index (χ0n) is 22.7. The van der Waals surface area contributed by atoms with Crippen LogP contribution in [0.3, 0.4) is 0 Å². The summed E-state index contributed by atoms with van der Waals surface area (Å²) in [5.41, 5.74) is 5.63. The molecule has 2 N–H and O–H groups in total. The lowest BCUT2D eigenvalue weighted by Crippen LogP contribution is -2.33. The number of anilines is 4. The second-order valence-electron chi connectivity index (χ2n) is 10.8. The van der Waals surface area contributed by atoms with E-state index in [1.807, 2.05) is 25.4 Å². The molecule has 37 heavy (non-hydrogen) atoms. The highest BCUT2D eigenvalue weighted by molar-refractivity contribution is 5.69. The van der Waals surface area contributed by atoms with Gasteiger partial charge in [-0.3, -0.25) is 0 Å². The first-order valence-electron chi connectivity index (χ1n) is 13.2. The number of nitrogens with one attached hydrogen (secondary N) is 2. The summed E-state index contributed by atoms with van der Waals surface area (Å²) < 4.78 is 5.61. The van der Waals surface area contributed by atoms with E-state index in [1.165, 1.54) is 24.0 Å². The van der Waals surface area contributed by atoms with Gasteiger partial charge in [-0.05, 0) is 88.3 Å². The Kier molecular flexibility index (Phi) is 7.42. The van der Waals surface area contributed by atoms with Crippen LogP contribution in [0.5, 0.6) is 0 Å². The summed E-state index contributed by atoms with van der Waals surface area (Å²) in [7, 11) is 5.89. The first-order chi connectivity index (χ1) is 17.9. The van der Waals surface area contributed by atoms with Crippen LogP contribution in [-0.4, -0.2) is 67.3 Å². The third kappa shape index (κ3) is 5.32. The van der Waals surface area contributed by atoms with Crippen molar-refractivity contribution in [3.05, 3.63) is 65.0 Å². The Hall–Kier alpha value is -3.07. The molecule has 1 unspecified atom stereocenters. The first-order valence-corrected chi connectivity index (χ1v) is 13.2. The topological polar surface area (TPSA) is 78.4 Å². The minimum Gasteiger partial charge on any atom is -0.384 e. The van der Waals surface area contributed by atoms with E-state index in [-0.39, 0.29) is 5.41 Å². The van der Waals surface area contributed by atoms with E-state index in [4.69, 9.17) is 19.7 Å². The summed E-state index contributed by atoms with van der Waals surface area (Å²) in [5, 5.41) is 6.64. The van der Waals surface area contributed by atoms with Gasteiger partial charge in [-0.25, -0.2) is 9.97 Å². The van der Waals surface area contributed by atoms with E-state index in [2.05, 4.69) is 65.6 Å². The van der Waals surface area contributed by atoms with Crippen molar-refractivity contribution >= 4 is 23.3 Å². The number of rotatable bonds is 8. The van der Waals surface area contributed by atoms with Crippen molar-refractivity contribution in [1.29, 1.82) is 0 Å². The number of aromatic nitrogens is 3. The number of ether oxygens (including phenoxy) is 1. The zero-order valence-corrected chi connectivity index (χ0v) is 22.7. The standard InChI is InChI=1S/C29H39N7O/c1-20-15-22(9-10-24(20)21-11-13-35(4)14-12-21)33-28-31-17-25-27(34-28)36(18-29(25,2)19-37-5)26-8-6-7-23(32-26)16-30-3/h6-10,15,17,21,30H,11-14,16,18-19H2,1-5H3,(H,31,33,34). The molecule has 2 aromatic heterocycles. The predicted octanol–water partition coefficient (Wildman–Crippen LogP) is 4.51. The normalized spacial score (nSPS) is 20.3. The Morgan fingerprint density at radius 1 is 1.14 bits per heavy atom. The minimum absolute atomic E-state index is 0.227. The minimum atomic E-state index is -0.227. The Morgan fingerprint density at radius 2 is 1.95 bits per heavy atom. The number of aryl methyl sites for hydroxylation is 1. The number of methoxy groups -OCH3 is 1. The molecular formula is C29H39N7O. The molecular weight excluding hydrogens is 462 g/mol. The smallest absolute Gasteiger partial charge is 0.229 e. The van der Waals surface area contributed by atoms with Gasteiger partial charge in [-0.15, -0.1) is 0 Å². The number of piperidine rings is 1. The summed E-state index contributed by atoms with van der Waals surface area (Å²) in [5.74, 6) is 2.99. The lowest BCUT2D eigenvalue weighted by molar-refractivity contribution is 0.145. The third-order valence-corrected chi connectivity index (χ3v) is 7.76. The molecule has 1 atom stereocenters. The lowest BCUT2D eigenvalue weighted by atomic mass is 9.87. The van der Waals surface area contributed by atoms with Crippen molar-refractivity contribution in [2.24, 2.45) is 0 Å². The number of likely N-dealkylation sites (tertiary alicyclic amines) is 1. The average molecular weight is 502 g/mol. The predicted molar refractivity (Wildman–Crippen MR) is 149 cm³/mol. The Bertz CT molecular complexity index is 1240. The fourth-order valence-electron chi connectivity index (χ4n) is 5.76. The number of benzene rings is 1. The van der Waals surface area contributed by atoms with Crippen molar-refractivity contribution in [3.8, 4) is 0 Å². The molecule has 1 fully saturated rings. The van der Waals surface area contributed by atoms with Crippen LogP contribution in [0.4, 0.5) is 23.3 Å².